The summed E-state index contributed by atoms with van der Waals surface area (Å²) in [5.41, 5.74) is 4.85. The van der Waals surface area contributed by atoms with Crippen molar-refractivity contribution in [1.29, 1.82) is 0 Å². The van der Waals surface area contributed by atoms with Crippen LogP contribution in [0.3, 0.4) is 0 Å². The van der Waals surface area contributed by atoms with Gasteiger partial charge >= 0.3 is 0 Å². The van der Waals surface area contributed by atoms with Crippen molar-refractivity contribution in [2.75, 3.05) is 19.7 Å². The van der Waals surface area contributed by atoms with Crippen LogP contribution < -0.4 is 15.4 Å². The fourth-order valence-electron chi connectivity index (χ4n) is 3.44. The average Bonchev–Trinajstić information content (AvgIpc) is 3.42. The van der Waals surface area contributed by atoms with Crippen molar-refractivity contribution >= 4 is 5.96 Å². The summed E-state index contributed by atoms with van der Waals surface area (Å²) in [5, 5.41) is 6.66. The number of aromatic nitrogens is 1. The standard InChI is InChI=1S/C24H28N4O2/c1-3-25-24(26-12-10-18-6-9-21-20(14-18)11-13-29-21)28-16-23-27-15-22(30-23)19-7-4-17(2)5-8-19/h4-9,14-15H,3,10-13,16H2,1-2H3,(H2,25,26,28). The van der Waals surface area contributed by atoms with Crippen molar-refractivity contribution in [3.63, 3.8) is 0 Å². The fraction of sp³-hybridized carbons (Fsp3) is 0.333. The summed E-state index contributed by atoms with van der Waals surface area (Å²) in [7, 11) is 0. The van der Waals surface area contributed by atoms with Crippen LogP contribution in [0.5, 0.6) is 5.75 Å². The van der Waals surface area contributed by atoms with E-state index >= 15 is 0 Å². The second-order valence-corrected chi connectivity index (χ2v) is 7.40. The molecule has 0 bridgehead atoms. The molecular weight excluding hydrogens is 376 g/mol. The van der Waals surface area contributed by atoms with Gasteiger partial charge in [0.1, 0.15) is 12.3 Å². The Hall–Kier alpha value is -3.28. The van der Waals surface area contributed by atoms with E-state index in [0.717, 1.165) is 55.6 Å². The lowest BCUT2D eigenvalue weighted by Crippen LogP contribution is -2.38. The van der Waals surface area contributed by atoms with Gasteiger partial charge in [0.05, 0.1) is 12.8 Å². The second-order valence-electron chi connectivity index (χ2n) is 7.40. The van der Waals surface area contributed by atoms with Crippen molar-refractivity contribution in [1.82, 2.24) is 15.6 Å². The Morgan fingerprint density at radius 1 is 1.13 bits per heavy atom. The first kappa shape index (κ1) is 20.0. The molecule has 2 aromatic carbocycles. The normalized spacial score (nSPS) is 13.1. The zero-order chi connectivity index (χ0) is 20.8. The number of aryl methyl sites for hydroxylation is 1. The van der Waals surface area contributed by atoms with Gasteiger partial charge in [0.25, 0.3) is 0 Å². The summed E-state index contributed by atoms with van der Waals surface area (Å²) in [6.07, 6.45) is 3.68. The van der Waals surface area contributed by atoms with Crippen molar-refractivity contribution in [3.8, 4) is 17.1 Å². The molecular formula is C24H28N4O2. The van der Waals surface area contributed by atoms with E-state index in [4.69, 9.17) is 9.15 Å². The molecule has 0 radical (unpaired) electrons. The van der Waals surface area contributed by atoms with Crippen LogP contribution in [0.1, 0.15) is 29.5 Å². The molecule has 0 spiro atoms. The van der Waals surface area contributed by atoms with E-state index in [1.54, 1.807) is 6.20 Å². The van der Waals surface area contributed by atoms with Crippen LogP contribution in [-0.2, 0) is 19.4 Å². The predicted octanol–water partition coefficient (Wildman–Crippen LogP) is 3.88. The van der Waals surface area contributed by atoms with Crippen LogP contribution in [0.2, 0.25) is 0 Å². The number of ether oxygens (including phenoxy) is 1. The maximum absolute atomic E-state index is 5.87. The number of benzene rings is 2. The maximum Gasteiger partial charge on any atom is 0.216 e. The summed E-state index contributed by atoms with van der Waals surface area (Å²) in [5.74, 6) is 3.15. The fourth-order valence-corrected chi connectivity index (χ4v) is 3.44. The number of fused-ring (bicyclic) bond motifs is 1. The molecule has 0 saturated heterocycles. The first-order chi connectivity index (χ1) is 14.7. The van der Waals surface area contributed by atoms with Crippen LogP contribution in [0.25, 0.3) is 11.3 Å². The number of aliphatic imine (C=N–C) groups is 1. The number of guanidine groups is 1. The molecule has 0 saturated carbocycles. The molecule has 1 aliphatic heterocycles. The zero-order valence-corrected chi connectivity index (χ0v) is 17.6. The van der Waals surface area contributed by atoms with Crippen molar-refractivity contribution in [2.24, 2.45) is 4.99 Å². The van der Waals surface area contributed by atoms with E-state index in [-0.39, 0.29) is 0 Å². The van der Waals surface area contributed by atoms with Gasteiger partial charge in [-0.25, -0.2) is 9.98 Å². The smallest absolute Gasteiger partial charge is 0.216 e. The Labute approximate surface area is 177 Å². The topological polar surface area (TPSA) is 71.7 Å². The molecule has 1 aromatic heterocycles. The third kappa shape index (κ3) is 5.00. The SMILES string of the molecule is CCNC(=NCc1ncc(-c2ccc(C)cc2)o1)NCCc1ccc2c(c1)CCO2. The molecule has 156 valence electrons. The van der Waals surface area contributed by atoms with E-state index in [0.29, 0.717) is 12.4 Å². The van der Waals surface area contributed by atoms with Crippen molar-refractivity contribution in [2.45, 2.75) is 33.2 Å². The van der Waals surface area contributed by atoms with Crippen LogP contribution in [0.15, 0.2) is 58.1 Å². The first-order valence-electron chi connectivity index (χ1n) is 10.5. The summed E-state index contributed by atoms with van der Waals surface area (Å²) in [6, 6.07) is 14.7. The highest BCUT2D eigenvalue weighted by Crippen LogP contribution is 2.26. The number of nitrogens with zero attached hydrogens (tertiary/aromatic N) is 2. The van der Waals surface area contributed by atoms with Gasteiger partial charge in [-0.3, -0.25) is 0 Å². The molecule has 0 unspecified atom stereocenters. The molecule has 30 heavy (non-hydrogen) atoms. The predicted molar refractivity (Wildman–Crippen MR) is 119 cm³/mol. The Morgan fingerprint density at radius 2 is 2.00 bits per heavy atom. The maximum atomic E-state index is 5.87. The third-order valence-electron chi connectivity index (χ3n) is 5.07. The number of nitrogens with one attached hydrogen (secondary N) is 2. The monoisotopic (exact) mass is 404 g/mol. The van der Waals surface area contributed by atoms with E-state index in [1.807, 2.05) is 12.1 Å². The molecule has 6 nitrogen and oxygen atoms in total. The van der Waals surface area contributed by atoms with Crippen LogP contribution in [0.4, 0.5) is 0 Å². The number of hydrogen-bond donors (Lipinski definition) is 2. The Kier molecular flexibility index (Phi) is 6.32. The van der Waals surface area contributed by atoms with Gasteiger partial charge in [0, 0.05) is 25.1 Å². The molecule has 3 aromatic rings. The van der Waals surface area contributed by atoms with Gasteiger partial charge in [0.15, 0.2) is 11.7 Å². The Bertz CT molecular complexity index is 1010. The third-order valence-corrected chi connectivity index (χ3v) is 5.07. The van der Waals surface area contributed by atoms with Gasteiger partial charge in [-0.15, -0.1) is 0 Å². The highest BCUT2D eigenvalue weighted by Gasteiger charge is 2.12. The number of rotatable bonds is 7. The van der Waals surface area contributed by atoms with Gasteiger partial charge in [-0.05, 0) is 37.5 Å². The van der Waals surface area contributed by atoms with Gasteiger partial charge in [-0.2, -0.15) is 0 Å². The summed E-state index contributed by atoms with van der Waals surface area (Å²) in [4.78, 5) is 8.98. The Balaban J connectivity index is 1.33. The van der Waals surface area contributed by atoms with Crippen molar-refractivity contribution < 1.29 is 9.15 Å². The molecule has 0 amide bonds. The van der Waals surface area contributed by atoms with Gasteiger partial charge < -0.3 is 19.8 Å². The van der Waals surface area contributed by atoms with Crippen molar-refractivity contribution in [3.05, 3.63) is 71.2 Å². The van der Waals surface area contributed by atoms with Crippen LogP contribution in [0, 0.1) is 6.92 Å². The number of hydrogen-bond acceptors (Lipinski definition) is 4. The lowest BCUT2D eigenvalue weighted by Gasteiger charge is -2.11. The highest BCUT2D eigenvalue weighted by atomic mass is 16.5. The molecule has 1 aliphatic rings. The lowest BCUT2D eigenvalue weighted by atomic mass is 10.1. The molecule has 0 atom stereocenters. The van der Waals surface area contributed by atoms with Crippen LogP contribution >= 0.6 is 0 Å². The van der Waals surface area contributed by atoms with E-state index < -0.39 is 0 Å². The summed E-state index contributed by atoms with van der Waals surface area (Å²) < 4.78 is 11.4. The zero-order valence-electron chi connectivity index (χ0n) is 17.6. The van der Waals surface area contributed by atoms with Gasteiger partial charge in [0.2, 0.25) is 5.89 Å². The quantitative estimate of drug-likeness (QED) is 0.462. The van der Waals surface area contributed by atoms with E-state index in [9.17, 15) is 0 Å². The molecule has 2 heterocycles. The minimum Gasteiger partial charge on any atom is -0.493 e. The molecule has 6 heteroatoms. The average molecular weight is 405 g/mol. The molecule has 0 fully saturated rings. The van der Waals surface area contributed by atoms with Gasteiger partial charge in [-0.1, -0.05) is 42.0 Å². The van der Waals surface area contributed by atoms with E-state index in [2.05, 4.69) is 64.8 Å². The highest BCUT2D eigenvalue weighted by molar-refractivity contribution is 5.79. The molecule has 4 rings (SSSR count). The van der Waals surface area contributed by atoms with E-state index in [1.165, 1.54) is 16.7 Å². The molecule has 0 aliphatic carbocycles. The largest absolute Gasteiger partial charge is 0.493 e. The number of oxazole rings is 1. The molecule has 2 N–H and O–H groups in total. The second kappa shape index (κ2) is 9.48. The summed E-state index contributed by atoms with van der Waals surface area (Å²) in [6.45, 7) is 6.89. The minimum atomic E-state index is 0.386. The lowest BCUT2D eigenvalue weighted by molar-refractivity contribution is 0.357. The summed E-state index contributed by atoms with van der Waals surface area (Å²) >= 11 is 0. The minimum absolute atomic E-state index is 0.386. The first-order valence-corrected chi connectivity index (χ1v) is 10.5. The Morgan fingerprint density at radius 3 is 2.83 bits per heavy atom. The van der Waals surface area contributed by atoms with Crippen LogP contribution in [-0.4, -0.2) is 30.6 Å².